The second-order valence-electron chi connectivity index (χ2n) is 6.66. The van der Waals surface area contributed by atoms with Gasteiger partial charge in [0, 0.05) is 24.7 Å². The van der Waals surface area contributed by atoms with Crippen molar-refractivity contribution in [2.45, 2.75) is 32.2 Å². The third-order valence-corrected chi connectivity index (χ3v) is 3.86. The molecule has 0 atom stereocenters. The van der Waals surface area contributed by atoms with E-state index in [0.717, 1.165) is 18.7 Å². The number of hydrogen-bond donors (Lipinski definition) is 0. The van der Waals surface area contributed by atoms with Crippen molar-refractivity contribution in [3.63, 3.8) is 0 Å². The molecule has 19 heavy (non-hydrogen) atoms. The van der Waals surface area contributed by atoms with Gasteiger partial charge in [-0.3, -0.25) is 4.79 Å². The fourth-order valence-corrected chi connectivity index (χ4v) is 2.25. The minimum atomic E-state index is 0.0808. The molecule has 1 aromatic rings. The molecule has 0 spiro atoms. The highest BCUT2D eigenvalue weighted by molar-refractivity contribution is 5.95. The number of hydrogen-bond acceptors (Lipinski definition) is 2. The number of carbonyl (C=O) groups excluding carboxylic acids is 1. The molecule has 0 unspecified atom stereocenters. The van der Waals surface area contributed by atoms with Crippen molar-refractivity contribution in [1.29, 1.82) is 0 Å². The van der Waals surface area contributed by atoms with Crippen LogP contribution in [0.5, 0.6) is 0 Å². The Kier molecular flexibility index (Phi) is 3.68. The molecule has 0 aromatic heterocycles. The fraction of sp³-hybridized carbons (Fsp3) is 0.562. The van der Waals surface area contributed by atoms with E-state index in [1.165, 1.54) is 5.56 Å². The van der Waals surface area contributed by atoms with E-state index in [4.69, 9.17) is 0 Å². The van der Waals surface area contributed by atoms with E-state index in [1.807, 2.05) is 23.1 Å². The van der Waals surface area contributed by atoms with E-state index >= 15 is 0 Å². The van der Waals surface area contributed by atoms with Crippen molar-refractivity contribution < 1.29 is 4.79 Å². The molecule has 1 saturated heterocycles. The number of likely N-dealkylation sites (N-methyl/N-ethyl adjacent to an activating group) is 1. The normalized spacial score (nSPS) is 16.6. The molecule has 1 heterocycles. The number of carbonyl (C=O) groups is 1. The molecule has 0 radical (unpaired) electrons. The first kappa shape index (κ1) is 14.1. The SMILES string of the molecule is CN(C)C1CN(C(=O)c2cccc(C(C)(C)C)c2)C1. The van der Waals surface area contributed by atoms with Gasteiger partial charge in [-0.2, -0.15) is 0 Å². The van der Waals surface area contributed by atoms with E-state index in [0.29, 0.717) is 6.04 Å². The zero-order chi connectivity index (χ0) is 14.2. The van der Waals surface area contributed by atoms with Gasteiger partial charge in [0.1, 0.15) is 0 Å². The zero-order valence-electron chi connectivity index (χ0n) is 12.6. The van der Waals surface area contributed by atoms with Crippen LogP contribution in [0.15, 0.2) is 24.3 Å². The van der Waals surface area contributed by atoms with Crippen molar-refractivity contribution in [3.05, 3.63) is 35.4 Å². The van der Waals surface area contributed by atoms with Crippen LogP contribution in [0.3, 0.4) is 0 Å². The fourth-order valence-electron chi connectivity index (χ4n) is 2.25. The van der Waals surface area contributed by atoms with Gasteiger partial charge < -0.3 is 9.80 Å². The highest BCUT2D eigenvalue weighted by Gasteiger charge is 2.32. The minimum absolute atomic E-state index is 0.0808. The average molecular weight is 260 g/mol. The van der Waals surface area contributed by atoms with Gasteiger partial charge in [0.2, 0.25) is 0 Å². The van der Waals surface area contributed by atoms with E-state index in [2.05, 4.69) is 45.8 Å². The Labute approximate surface area is 116 Å². The second kappa shape index (κ2) is 4.97. The van der Waals surface area contributed by atoms with Gasteiger partial charge in [-0.15, -0.1) is 0 Å². The molecule has 3 nitrogen and oxygen atoms in total. The molecule has 1 aromatic carbocycles. The van der Waals surface area contributed by atoms with Gasteiger partial charge in [0.25, 0.3) is 5.91 Å². The lowest BCUT2D eigenvalue weighted by molar-refractivity contribution is 0.0399. The summed E-state index contributed by atoms with van der Waals surface area (Å²) in [7, 11) is 4.12. The Morgan fingerprint density at radius 2 is 1.89 bits per heavy atom. The maximum absolute atomic E-state index is 12.4. The molecule has 0 N–H and O–H groups in total. The first-order valence-electron chi connectivity index (χ1n) is 6.85. The van der Waals surface area contributed by atoms with Gasteiger partial charge in [0.05, 0.1) is 0 Å². The van der Waals surface area contributed by atoms with Gasteiger partial charge in [-0.25, -0.2) is 0 Å². The van der Waals surface area contributed by atoms with E-state index in [1.54, 1.807) is 0 Å². The number of benzene rings is 1. The summed E-state index contributed by atoms with van der Waals surface area (Å²) < 4.78 is 0. The summed E-state index contributed by atoms with van der Waals surface area (Å²) in [5.41, 5.74) is 2.10. The zero-order valence-corrected chi connectivity index (χ0v) is 12.6. The molecule has 2 rings (SSSR count). The summed E-state index contributed by atoms with van der Waals surface area (Å²) >= 11 is 0. The van der Waals surface area contributed by atoms with E-state index in [-0.39, 0.29) is 11.3 Å². The summed E-state index contributed by atoms with van der Waals surface area (Å²) in [4.78, 5) is 16.5. The average Bonchev–Trinajstić information content (AvgIpc) is 2.25. The molecule has 1 fully saturated rings. The van der Waals surface area contributed by atoms with Crippen LogP contribution in [0.1, 0.15) is 36.7 Å². The van der Waals surface area contributed by atoms with E-state index in [9.17, 15) is 4.79 Å². The first-order valence-corrected chi connectivity index (χ1v) is 6.85. The number of amides is 1. The summed E-state index contributed by atoms with van der Waals surface area (Å²) in [6.45, 7) is 8.18. The quantitative estimate of drug-likeness (QED) is 0.815. The standard InChI is InChI=1S/C16H24N2O/c1-16(2,3)13-8-6-7-12(9-13)15(19)18-10-14(11-18)17(4)5/h6-9,14H,10-11H2,1-5H3. The smallest absolute Gasteiger partial charge is 0.253 e. The number of likely N-dealkylation sites (tertiary alicyclic amines) is 1. The largest absolute Gasteiger partial charge is 0.335 e. The van der Waals surface area contributed by atoms with Crippen molar-refractivity contribution in [1.82, 2.24) is 9.80 Å². The van der Waals surface area contributed by atoms with Crippen LogP contribution in [0.4, 0.5) is 0 Å². The third-order valence-electron chi connectivity index (χ3n) is 3.86. The minimum Gasteiger partial charge on any atom is -0.335 e. The number of nitrogens with zero attached hydrogens (tertiary/aromatic N) is 2. The van der Waals surface area contributed by atoms with Gasteiger partial charge >= 0.3 is 0 Å². The maximum atomic E-state index is 12.4. The molecule has 0 bridgehead atoms. The van der Waals surface area contributed by atoms with Crippen molar-refractivity contribution in [2.24, 2.45) is 0 Å². The Bertz CT molecular complexity index is 468. The van der Waals surface area contributed by atoms with Crippen LogP contribution < -0.4 is 0 Å². The topological polar surface area (TPSA) is 23.6 Å². The van der Waals surface area contributed by atoms with Crippen LogP contribution in [-0.4, -0.2) is 48.9 Å². The predicted molar refractivity (Wildman–Crippen MR) is 78.5 cm³/mol. The van der Waals surface area contributed by atoms with Gasteiger partial charge in [-0.05, 0) is 37.2 Å². The van der Waals surface area contributed by atoms with Crippen LogP contribution >= 0.6 is 0 Å². The summed E-state index contributed by atoms with van der Waals surface area (Å²) in [5, 5.41) is 0. The predicted octanol–water partition coefficient (Wildman–Crippen LogP) is 2.37. The first-order chi connectivity index (χ1) is 8.79. The molecule has 3 heteroatoms. The Morgan fingerprint density at radius 3 is 2.42 bits per heavy atom. The summed E-state index contributed by atoms with van der Waals surface area (Å²) in [6.07, 6.45) is 0. The van der Waals surface area contributed by atoms with Crippen LogP contribution in [0.2, 0.25) is 0 Å². The Morgan fingerprint density at radius 1 is 1.26 bits per heavy atom. The van der Waals surface area contributed by atoms with Crippen LogP contribution in [0, 0.1) is 0 Å². The lowest BCUT2D eigenvalue weighted by atomic mass is 9.86. The monoisotopic (exact) mass is 260 g/mol. The highest BCUT2D eigenvalue weighted by Crippen LogP contribution is 2.24. The molecule has 0 aliphatic carbocycles. The van der Waals surface area contributed by atoms with E-state index < -0.39 is 0 Å². The third kappa shape index (κ3) is 2.98. The van der Waals surface area contributed by atoms with Crippen molar-refractivity contribution in [2.75, 3.05) is 27.2 Å². The Hall–Kier alpha value is -1.35. The molecule has 0 saturated carbocycles. The Balaban J connectivity index is 2.09. The van der Waals surface area contributed by atoms with Crippen molar-refractivity contribution in [3.8, 4) is 0 Å². The summed E-state index contributed by atoms with van der Waals surface area (Å²) in [5.74, 6) is 0.157. The highest BCUT2D eigenvalue weighted by atomic mass is 16.2. The molecule has 1 aliphatic heterocycles. The maximum Gasteiger partial charge on any atom is 0.253 e. The van der Waals surface area contributed by atoms with Crippen LogP contribution in [-0.2, 0) is 5.41 Å². The van der Waals surface area contributed by atoms with Gasteiger partial charge in [0.15, 0.2) is 0 Å². The molecular formula is C16H24N2O. The van der Waals surface area contributed by atoms with Crippen LogP contribution in [0.25, 0.3) is 0 Å². The molecule has 104 valence electrons. The lowest BCUT2D eigenvalue weighted by Crippen LogP contribution is -2.59. The summed E-state index contributed by atoms with van der Waals surface area (Å²) in [6, 6.07) is 8.54. The second-order valence-corrected chi connectivity index (χ2v) is 6.66. The lowest BCUT2D eigenvalue weighted by Gasteiger charge is -2.42. The van der Waals surface area contributed by atoms with Crippen molar-refractivity contribution >= 4 is 5.91 Å². The number of rotatable bonds is 2. The molecule has 1 amide bonds. The van der Waals surface area contributed by atoms with Gasteiger partial charge in [-0.1, -0.05) is 32.9 Å². The molecule has 1 aliphatic rings. The molecular weight excluding hydrogens is 236 g/mol.